The van der Waals surface area contributed by atoms with E-state index in [1.807, 2.05) is 0 Å². The van der Waals surface area contributed by atoms with E-state index in [1.165, 1.54) is 51.5 Å². The molecule has 0 bridgehead atoms. The summed E-state index contributed by atoms with van der Waals surface area (Å²) in [6, 6.07) is 9.74. The van der Waals surface area contributed by atoms with Crippen molar-refractivity contribution in [3.05, 3.63) is 35.4 Å². The second-order valence-electron chi connectivity index (χ2n) is 6.96. The molecule has 102 valence electrons. The van der Waals surface area contributed by atoms with Crippen molar-refractivity contribution in [2.24, 2.45) is 17.8 Å². The van der Waals surface area contributed by atoms with E-state index in [-0.39, 0.29) is 0 Å². The molecule has 0 aliphatic heterocycles. The van der Waals surface area contributed by atoms with Crippen molar-refractivity contribution < 1.29 is 0 Å². The number of nitrogens with one attached hydrogen (secondary N) is 1. The van der Waals surface area contributed by atoms with E-state index >= 15 is 0 Å². The molecule has 1 N–H and O–H groups in total. The van der Waals surface area contributed by atoms with Crippen LogP contribution in [-0.4, -0.2) is 12.6 Å². The fraction of sp³-hybridized carbons (Fsp3) is 0.667. The third-order valence-electron chi connectivity index (χ3n) is 5.44. The number of rotatable bonds is 5. The lowest BCUT2D eigenvalue weighted by atomic mass is 9.87. The first-order valence-corrected chi connectivity index (χ1v) is 8.20. The van der Waals surface area contributed by atoms with Gasteiger partial charge in [-0.25, -0.2) is 0 Å². The van der Waals surface area contributed by atoms with Crippen molar-refractivity contribution in [1.29, 1.82) is 0 Å². The standard InChI is InChI=1S/C18H25N/c1-2-4-16-11-17(10-9-13(16)3-1)19-12-18(14-5-6-14)15-7-8-15/h1-4,14-15,17-19H,5-12H2. The van der Waals surface area contributed by atoms with Gasteiger partial charge in [-0.3, -0.25) is 0 Å². The Balaban J connectivity index is 1.34. The van der Waals surface area contributed by atoms with Crippen LogP contribution in [0.15, 0.2) is 24.3 Å². The van der Waals surface area contributed by atoms with E-state index in [1.54, 1.807) is 11.1 Å². The normalized spacial score (nSPS) is 26.5. The second kappa shape index (κ2) is 4.94. The molecule has 2 fully saturated rings. The molecule has 0 amide bonds. The van der Waals surface area contributed by atoms with E-state index < -0.39 is 0 Å². The van der Waals surface area contributed by atoms with Crippen LogP contribution in [0.25, 0.3) is 0 Å². The van der Waals surface area contributed by atoms with Gasteiger partial charge in [-0.05, 0) is 80.4 Å². The highest BCUT2D eigenvalue weighted by Crippen LogP contribution is 2.48. The van der Waals surface area contributed by atoms with Crippen LogP contribution in [0, 0.1) is 17.8 Å². The van der Waals surface area contributed by atoms with Gasteiger partial charge in [0.15, 0.2) is 0 Å². The van der Waals surface area contributed by atoms with Gasteiger partial charge in [-0.15, -0.1) is 0 Å². The molecule has 1 atom stereocenters. The zero-order valence-electron chi connectivity index (χ0n) is 11.8. The van der Waals surface area contributed by atoms with Gasteiger partial charge in [0.05, 0.1) is 0 Å². The third kappa shape index (κ3) is 2.72. The van der Waals surface area contributed by atoms with E-state index in [0.29, 0.717) is 0 Å². The molecule has 0 radical (unpaired) electrons. The Bertz CT molecular complexity index is 433. The first kappa shape index (κ1) is 12.0. The van der Waals surface area contributed by atoms with Crippen molar-refractivity contribution in [2.75, 3.05) is 6.54 Å². The molecule has 3 aliphatic rings. The largest absolute Gasteiger partial charge is 0.313 e. The van der Waals surface area contributed by atoms with Crippen LogP contribution < -0.4 is 5.32 Å². The monoisotopic (exact) mass is 255 g/mol. The molecule has 3 aliphatic carbocycles. The summed E-state index contributed by atoms with van der Waals surface area (Å²) in [5.74, 6) is 3.17. The topological polar surface area (TPSA) is 12.0 Å². The summed E-state index contributed by atoms with van der Waals surface area (Å²) in [5, 5.41) is 3.91. The van der Waals surface area contributed by atoms with E-state index in [2.05, 4.69) is 29.6 Å². The molecule has 0 heterocycles. The fourth-order valence-electron chi connectivity index (χ4n) is 3.94. The summed E-state index contributed by atoms with van der Waals surface area (Å²) < 4.78 is 0. The van der Waals surface area contributed by atoms with Crippen molar-refractivity contribution in [3.63, 3.8) is 0 Å². The molecule has 1 heteroatoms. The summed E-state index contributed by atoms with van der Waals surface area (Å²) >= 11 is 0. The summed E-state index contributed by atoms with van der Waals surface area (Å²) in [6.45, 7) is 1.29. The molecule has 0 saturated heterocycles. The maximum Gasteiger partial charge on any atom is 0.0111 e. The summed E-state index contributed by atoms with van der Waals surface area (Å²) in [6.07, 6.45) is 9.89. The lowest BCUT2D eigenvalue weighted by Gasteiger charge is -2.27. The SMILES string of the molecule is c1ccc2c(c1)CCC(NCC(C1CC1)C1CC1)C2. The Labute approximate surface area is 116 Å². The predicted molar refractivity (Wildman–Crippen MR) is 79.2 cm³/mol. The Morgan fingerprint density at radius 3 is 2.32 bits per heavy atom. The molecular weight excluding hydrogens is 230 g/mol. The van der Waals surface area contributed by atoms with Gasteiger partial charge >= 0.3 is 0 Å². The van der Waals surface area contributed by atoms with Crippen LogP contribution in [-0.2, 0) is 12.8 Å². The Morgan fingerprint density at radius 1 is 0.947 bits per heavy atom. The second-order valence-corrected chi connectivity index (χ2v) is 6.96. The van der Waals surface area contributed by atoms with Gasteiger partial charge in [0.25, 0.3) is 0 Å². The summed E-state index contributed by atoms with van der Waals surface area (Å²) in [7, 11) is 0. The van der Waals surface area contributed by atoms with Gasteiger partial charge in [-0.2, -0.15) is 0 Å². The first-order chi connectivity index (χ1) is 9.40. The van der Waals surface area contributed by atoms with Crippen molar-refractivity contribution >= 4 is 0 Å². The third-order valence-corrected chi connectivity index (χ3v) is 5.44. The Kier molecular flexibility index (Phi) is 3.11. The van der Waals surface area contributed by atoms with Crippen LogP contribution in [0.2, 0.25) is 0 Å². The number of hydrogen-bond acceptors (Lipinski definition) is 1. The molecule has 2 saturated carbocycles. The number of fused-ring (bicyclic) bond motifs is 1. The van der Waals surface area contributed by atoms with E-state index in [4.69, 9.17) is 0 Å². The van der Waals surface area contributed by atoms with Gasteiger partial charge in [-0.1, -0.05) is 24.3 Å². The lowest BCUT2D eigenvalue weighted by molar-refractivity contribution is 0.341. The fourth-order valence-corrected chi connectivity index (χ4v) is 3.94. The van der Waals surface area contributed by atoms with E-state index in [0.717, 1.165) is 23.8 Å². The van der Waals surface area contributed by atoms with Crippen LogP contribution in [0.1, 0.15) is 43.2 Å². The van der Waals surface area contributed by atoms with Gasteiger partial charge in [0.1, 0.15) is 0 Å². The maximum absolute atomic E-state index is 3.91. The average Bonchev–Trinajstić information content (AvgIpc) is 3.32. The highest BCUT2D eigenvalue weighted by Gasteiger charge is 2.41. The van der Waals surface area contributed by atoms with Gasteiger partial charge < -0.3 is 5.32 Å². The summed E-state index contributed by atoms with van der Waals surface area (Å²) in [4.78, 5) is 0. The van der Waals surface area contributed by atoms with Crippen LogP contribution in [0.3, 0.4) is 0 Å². The molecular formula is C18H25N. The number of hydrogen-bond donors (Lipinski definition) is 1. The highest BCUT2D eigenvalue weighted by molar-refractivity contribution is 5.30. The number of aryl methyl sites for hydroxylation is 1. The van der Waals surface area contributed by atoms with Crippen molar-refractivity contribution in [1.82, 2.24) is 5.32 Å². The first-order valence-electron chi connectivity index (χ1n) is 8.20. The van der Waals surface area contributed by atoms with Crippen molar-refractivity contribution in [3.8, 4) is 0 Å². The Morgan fingerprint density at radius 2 is 1.63 bits per heavy atom. The molecule has 0 spiro atoms. The quantitative estimate of drug-likeness (QED) is 0.848. The molecule has 1 nitrogen and oxygen atoms in total. The molecule has 1 aromatic rings. The molecule has 0 aromatic heterocycles. The minimum absolute atomic E-state index is 0.731. The van der Waals surface area contributed by atoms with Gasteiger partial charge in [0, 0.05) is 6.04 Å². The Hall–Kier alpha value is -0.820. The van der Waals surface area contributed by atoms with E-state index in [9.17, 15) is 0 Å². The van der Waals surface area contributed by atoms with Crippen LogP contribution in [0.5, 0.6) is 0 Å². The van der Waals surface area contributed by atoms with Crippen molar-refractivity contribution in [2.45, 2.75) is 51.0 Å². The molecule has 19 heavy (non-hydrogen) atoms. The molecule has 1 aromatic carbocycles. The van der Waals surface area contributed by atoms with Crippen LogP contribution in [0.4, 0.5) is 0 Å². The zero-order chi connectivity index (χ0) is 12.7. The predicted octanol–water partition coefficient (Wildman–Crippen LogP) is 3.57. The lowest BCUT2D eigenvalue weighted by Crippen LogP contribution is -2.38. The minimum Gasteiger partial charge on any atom is -0.313 e. The molecule has 4 rings (SSSR count). The average molecular weight is 255 g/mol. The highest BCUT2D eigenvalue weighted by atomic mass is 14.9. The van der Waals surface area contributed by atoms with Gasteiger partial charge in [0.2, 0.25) is 0 Å². The van der Waals surface area contributed by atoms with Crippen LogP contribution >= 0.6 is 0 Å². The minimum atomic E-state index is 0.731. The smallest absolute Gasteiger partial charge is 0.0111 e. The number of benzene rings is 1. The maximum atomic E-state index is 3.91. The zero-order valence-corrected chi connectivity index (χ0v) is 11.8. The summed E-state index contributed by atoms with van der Waals surface area (Å²) in [5.41, 5.74) is 3.17. The molecule has 1 unspecified atom stereocenters.